The Morgan fingerprint density at radius 3 is 2.62 bits per heavy atom. The van der Waals surface area contributed by atoms with Gasteiger partial charge < -0.3 is 10.2 Å². The van der Waals surface area contributed by atoms with Gasteiger partial charge in [0.2, 0.25) is 0 Å². The summed E-state index contributed by atoms with van der Waals surface area (Å²) in [6.45, 7) is 3.24. The average Bonchev–Trinajstić information content (AvgIpc) is 1.66. The molecule has 2 heteroatoms. The molecule has 0 heterocycles. The number of hydrogen-bond donors (Lipinski definition) is 2. The van der Waals surface area contributed by atoms with Crippen molar-refractivity contribution in [1.29, 1.82) is 0 Å². The van der Waals surface area contributed by atoms with Crippen molar-refractivity contribution in [2.75, 3.05) is 0 Å². The summed E-state index contributed by atoms with van der Waals surface area (Å²) in [6.07, 6.45) is 4.34. The van der Waals surface area contributed by atoms with Gasteiger partial charge in [-0.3, -0.25) is 0 Å². The van der Waals surface area contributed by atoms with E-state index in [0.717, 1.165) is 6.26 Å². The lowest BCUT2D eigenvalue weighted by atomic mass is 10.3. The van der Waals surface area contributed by atoms with E-state index in [-0.39, 0.29) is 5.76 Å². The lowest BCUT2D eigenvalue weighted by Crippen LogP contribution is -1.75. The zero-order valence-corrected chi connectivity index (χ0v) is 4.54. The molecule has 0 unspecified atom stereocenters. The van der Waals surface area contributed by atoms with Gasteiger partial charge in [-0.15, -0.1) is 0 Å². The molecule has 2 N–H and O–H groups in total. The van der Waals surface area contributed by atoms with Crippen LogP contribution >= 0.6 is 0 Å². The Bertz CT molecular complexity index is 94.7. The highest BCUT2D eigenvalue weighted by atomic mass is 16.3. The monoisotopic (exact) mass is 113 g/mol. The highest BCUT2D eigenvalue weighted by Crippen LogP contribution is 1.95. The number of aliphatic hydroxyl groups excluding tert-OH is 2. The number of allylic oxidation sites excluding steroid dienone is 2. The molecule has 0 rings (SSSR count). The molecule has 0 aromatic carbocycles. The van der Waals surface area contributed by atoms with Crippen LogP contribution in [0.15, 0.2) is 24.7 Å². The maximum atomic E-state index is 8.44. The SMILES string of the molecule is C=C(O)C[CH]C=CO. The van der Waals surface area contributed by atoms with Crippen molar-refractivity contribution in [2.24, 2.45) is 0 Å². The molecule has 0 atom stereocenters. The maximum Gasteiger partial charge on any atom is 0.0857 e. The van der Waals surface area contributed by atoms with Crippen molar-refractivity contribution in [2.45, 2.75) is 6.42 Å². The molecular formula is C6H9O2. The molecule has 2 nitrogen and oxygen atoms in total. The summed E-state index contributed by atoms with van der Waals surface area (Å²) in [6, 6.07) is 0. The highest BCUT2D eigenvalue weighted by molar-refractivity contribution is 4.97. The van der Waals surface area contributed by atoms with Crippen molar-refractivity contribution < 1.29 is 10.2 Å². The second-order valence-corrected chi connectivity index (χ2v) is 1.35. The van der Waals surface area contributed by atoms with Gasteiger partial charge in [0, 0.05) is 6.42 Å². The van der Waals surface area contributed by atoms with Crippen LogP contribution in [-0.4, -0.2) is 10.2 Å². The summed E-state index contributed by atoms with van der Waals surface area (Å²) in [5.74, 6) is 0.100. The van der Waals surface area contributed by atoms with Gasteiger partial charge in [0.15, 0.2) is 0 Å². The third-order valence-corrected chi connectivity index (χ3v) is 0.576. The molecule has 0 fully saturated rings. The Hall–Kier alpha value is -0.920. The molecule has 0 saturated carbocycles. The van der Waals surface area contributed by atoms with Crippen LogP contribution in [0.25, 0.3) is 0 Å². The van der Waals surface area contributed by atoms with Gasteiger partial charge in [0.05, 0.1) is 12.0 Å². The van der Waals surface area contributed by atoms with E-state index in [1.165, 1.54) is 6.08 Å². The lowest BCUT2D eigenvalue weighted by molar-refractivity contribution is 0.401. The van der Waals surface area contributed by atoms with Crippen molar-refractivity contribution in [3.05, 3.63) is 31.1 Å². The summed E-state index contributed by atoms with van der Waals surface area (Å²) in [5.41, 5.74) is 0. The first-order valence-electron chi connectivity index (χ1n) is 2.26. The quantitative estimate of drug-likeness (QED) is 0.547. The van der Waals surface area contributed by atoms with Crippen LogP contribution < -0.4 is 0 Å². The Kier molecular flexibility index (Phi) is 3.76. The molecule has 8 heavy (non-hydrogen) atoms. The van der Waals surface area contributed by atoms with E-state index < -0.39 is 0 Å². The van der Waals surface area contributed by atoms with Crippen LogP contribution in [0.1, 0.15) is 6.42 Å². The number of hydrogen-bond acceptors (Lipinski definition) is 2. The molecule has 45 valence electrons. The van der Waals surface area contributed by atoms with Gasteiger partial charge in [-0.1, -0.05) is 6.58 Å². The molecule has 1 radical (unpaired) electrons. The van der Waals surface area contributed by atoms with Crippen LogP contribution in [0.4, 0.5) is 0 Å². The third kappa shape index (κ3) is 5.08. The molecule has 0 aromatic heterocycles. The topological polar surface area (TPSA) is 40.5 Å². The minimum atomic E-state index is 0.100. The predicted octanol–water partition coefficient (Wildman–Crippen LogP) is 1.72. The Labute approximate surface area is 48.8 Å². The average molecular weight is 113 g/mol. The zero-order valence-electron chi connectivity index (χ0n) is 4.54. The van der Waals surface area contributed by atoms with E-state index in [1.807, 2.05) is 0 Å². The Morgan fingerprint density at radius 2 is 2.25 bits per heavy atom. The second-order valence-electron chi connectivity index (χ2n) is 1.35. The normalized spacial score (nSPS) is 10.0. The smallest absolute Gasteiger partial charge is 0.0857 e. The van der Waals surface area contributed by atoms with E-state index in [9.17, 15) is 0 Å². The van der Waals surface area contributed by atoms with E-state index in [1.54, 1.807) is 6.42 Å². The first-order valence-corrected chi connectivity index (χ1v) is 2.26. The molecule has 0 aromatic rings. The fourth-order valence-corrected chi connectivity index (χ4v) is 0.265. The van der Waals surface area contributed by atoms with Gasteiger partial charge >= 0.3 is 0 Å². The van der Waals surface area contributed by atoms with E-state index in [4.69, 9.17) is 10.2 Å². The molecule has 0 amide bonds. The number of aliphatic hydroxyl groups is 2. The summed E-state index contributed by atoms with van der Waals surface area (Å²) in [5, 5.41) is 16.5. The molecule has 0 spiro atoms. The molecule has 0 aliphatic heterocycles. The zero-order chi connectivity index (χ0) is 6.41. The van der Waals surface area contributed by atoms with Crippen LogP contribution in [0, 0.1) is 6.42 Å². The van der Waals surface area contributed by atoms with Gasteiger partial charge in [0.1, 0.15) is 0 Å². The van der Waals surface area contributed by atoms with Crippen LogP contribution in [0.3, 0.4) is 0 Å². The van der Waals surface area contributed by atoms with Crippen molar-refractivity contribution in [3.8, 4) is 0 Å². The lowest BCUT2D eigenvalue weighted by Gasteiger charge is -1.88. The van der Waals surface area contributed by atoms with E-state index >= 15 is 0 Å². The minimum Gasteiger partial charge on any atom is -0.516 e. The standard InChI is InChI=1S/C6H9O2/c1-6(8)4-2-3-5-7/h2-3,5,7-8H,1,4H2. The van der Waals surface area contributed by atoms with Gasteiger partial charge in [0.25, 0.3) is 0 Å². The van der Waals surface area contributed by atoms with E-state index in [2.05, 4.69) is 6.58 Å². The maximum absolute atomic E-state index is 8.44. The predicted molar refractivity (Wildman–Crippen MR) is 32.5 cm³/mol. The van der Waals surface area contributed by atoms with Gasteiger partial charge in [-0.2, -0.15) is 0 Å². The van der Waals surface area contributed by atoms with Gasteiger partial charge in [-0.25, -0.2) is 0 Å². The van der Waals surface area contributed by atoms with Crippen LogP contribution in [0.5, 0.6) is 0 Å². The highest BCUT2D eigenvalue weighted by Gasteiger charge is 1.83. The first kappa shape index (κ1) is 7.08. The molecule has 0 aliphatic carbocycles. The summed E-state index contributed by atoms with van der Waals surface area (Å²) in [7, 11) is 0. The summed E-state index contributed by atoms with van der Waals surface area (Å²) in [4.78, 5) is 0. The van der Waals surface area contributed by atoms with Crippen molar-refractivity contribution >= 4 is 0 Å². The molecule has 0 bridgehead atoms. The van der Waals surface area contributed by atoms with Crippen LogP contribution in [-0.2, 0) is 0 Å². The third-order valence-electron chi connectivity index (χ3n) is 0.576. The number of rotatable bonds is 3. The van der Waals surface area contributed by atoms with E-state index in [0.29, 0.717) is 6.42 Å². The van der Waals surface area contributed by atoms with Crippen LogP contribution in [0.2, 0.25) is 0 Å². The summed E-state index contributed by atoms with van der Waals surface area (Å²) < 4.78 is 0. The Morgan fingerprint density at radius 1 is 1.62 bits per heavy atom. The molecule has 0 saturated heterocycles. The van der Waals surface area contributed by atoms with Crippen molar-refractivity contribution in [1.82, 2.24) is 0 Å². The Balaban J connectivity index is 3.05. The van der Waals surface area contributed by atoms with Crippen molar-refractivity contribution in [3.63, 3.8) is 0 Å². The first-order chi connectivity index (χ1) is 3.77. The van der Waals surface area contributed by atoms with Gasteiger partial charge in [-0.05, 0) is 12.5 Å². The molecule has 0 aliphatic rings. The minimum absolute atomic E-state index is 0.100. The second kappa shape index (κ2) is 4.24. The fraction of sp³-hybridized carbons (Fsp3) is 0.167. The molecular weight excluding hydrogens is 104 g/mol. The largest absolute Gasteiger partial charge is 0.516 e. The summed E-state index contributed by atoms with van der Waals surface area (Å²) >= 11 is 0. The fourth-order valence-electron chi connectivity index (χ4n) is 0.265.